The monoisotopic (exact) mass is 197 g/mol. The van der Waals surface area contributed by atoms with E-state index in [1.54, 1.807) is 11.3 Å². The van der Waals surface area contributed by atoms with E-state index in [9.17, 15) is 5.11 Å². The number of fused-ring (bicyclic) bond motifs is 1. The van der Waals surface area contributed by atoms with Gasteiger partial charge in [0.1, 0.15) is 0 Å². The van der Waals surface area contributed by atoms with Gasteiger partial charge in [0.05, 0.1) is 23.3 Å². The zero-order valence-electron chi connectivity index (χ0n) is 7.12. The molecular weight excluding hydrogens is 186 g/mol. The van der Waals surface area contributed by atoms with Gasteiger partial charge in [-0.25, -0.2) is 0 Å². The van der Waals surface area contributed by atoms with Gasteiger partial charge in [-0.1, -0.05) is 0 Å². The highest BCUT2D eigenvalue weighted by Gasteiger charge is 2.47. The smallest absolute Gasteiger partial charge is 0.162 e. The van der Waals surface area contributed by atoms with E-state index < -0.39 is 0 Å². The highest BCUT2D eigenvalue weighted by molar-refractivity contribution is 7.10. The van der Waals surface area contributed by atoms with Gasteiger partial charge in [-0.3, -0.25) is 0 Å². The van der Waals surface area contributed by atoms with Crippen LogP contribution in [0.25, 0.3) is 0 Å². The van der Waals surface area contributed by atoms with Crippen LogP contribution in [-0.2, 0) is 4.74 Å². The highest BCUT2D eigenvalue weighted by atomic mass is 32.1. The Morgan fingerprint density at radius 3 is 3.31 bits per heavy atom. The molecule has 0 amide bonds. The summed E-state index contributed by atoms with van der Waals surface area (Å²) in [6.07, 6.45) is 1.38. The summed E-state index contributed by atoms with van der Waals surface area (Å²) < 4.78 is 5.37. The zero-order chi connectivity index (χ0) is 8.89. The minimum atomic E-state index is -0.314. The Labute approximate surface area is 80.3 Å². The van der Waals surface area contributed by atoms with E-state index in [2.05, 4.69) is 5.32 Å². The average molecular weight is 197 g/mol. The molecule has 2 N–H and O–H groups in total. The maximum absolute atomic E-state index is 9.81. The number of aliphatic hydroxyl groups is 1. The maximum Gasteiger partial charge on any atom is 0.162 e. The Kier molecular flexibility index (Phi) is 1.48. The number of nitrogens with one attached hydrogen (secondary N) is 1. The molecule has 2 unspecified atom stereocenters. The van der Waals surface area contributed by atoms with Crippen LogP contribution in [0.3, 0.4) is 0 Å². The van der Waals surface area contributed by atoms with Crippen LogP contribution in [0.5, 0.6) is 0 Å². The SMILES string of the molecule is OC1CCC2(CO2)Nc2ccsc21. The lowest BCUT2D eigenvalue weighted by Crippen LogP contribution is -2.21. The van der Waals surface area contributed by atoms with Gasteiger partial charge < -0.3 is 15.2 Å². The Bertz CT molecular complexity index is 332. The summed E-state index contributed by atoms with van der Waals surface area (Å²) in [5, 5.41) is 15.2. The van der Waals surface area contributed by atoms with Crippen LogP contribution in [0.4, 0.5) is 5.69 Å². The predicted molar refractivity (Wildman–Crippen MR) is 50.8 cm³/mol. The highest BCUT2D eigenvalue weighted by Crippen LogP contribution is 2.43. The predicted octanol–water partition coefficient (Wildman–Crippen LogP) is 1.71. The molecule has 3 heterocycles. The van der Waals surface area contributed by atoms with E-state index in [0.29, 0.717) is 0 Å². The molecule has 0 saturated carbocycles. The molecule has 1 saturated heterocycles. The Hall–Kier alpha value is -0.580. The van der Waals surface area contributed by atoms with E-state index in [1.807, 2.05) is 11.4 Å². The quantitative estimate of drug-likeness (QED) is 0.622. The molecule has 3 rings (SSSR count). The van der Waals surface area contributed by atoms with Crippen LogP contribution < -0.4 is 5.32 Å². The largest absolute Gasteiger partial charge is 0.387 e. The van der Waals surface area contributed by atoms with Crippen molar-refractivity contribution in [2.24, 2.45) is 0 Å². The summed E-state index contributed by atoms with van der Waals surface area (Å²) in [6, 6.07) is 2.01. The first kappa shape index (κ1) is 7.79. The summed E-state index contributed by atoms with van der Waals surface area (Å²) in [5.41, 5.74) is 0.903. The fraction of sp³-hybridized carbons (Fsp3) is 0.556. The van der Waals surface area contributed by atoms with Crippen molar-refractivity contribution in [3.63, 3.8) is 0 Å². The second-order valence-electron chi connectivity index (χ2n) is 3.66. The van der Waals surface area contributed by atoms with Crippen LogP contribution in [0.2, 0.25) is 0 Å². The summed E-state index contributed by atoms with van der Waals surface area (Å²) in [5.74, 6) is 0. The van der Waals surface area contributed by atoms with Crippen molar-refractivity contribution in [1.82, 2.24) is 0 Å². The lowest BCUT2D eigenvalue weighted by atomic mass is 10.1. The minimum absolute atomic E-state index is 0.146. The molecule has 13 heavy (non-hydrogen) atoms. The number of hydrogen-bond donors (Lipinski definition) is 2. The van der Waals surface area contributed by atoms with E-state index in [1.165, 1.54) is 0 Å². The third-order valence-electron chi connectivity index (χ3n) is 2.67. The van der Waals surface area contributed by atoms with E-state index in [4.69, 9.17) is 4.74 Å². The average Bonchev–Trinajstić information content (AvgIpc) is 2.75. The van der Waals surface area contributed by atoms with Gasteiger partial charge >= 0.3 is 0 Å². The molecule has 1 aromatic heterocycles. The van der Waals surface area contributed by atoms with Crippen LogP contribution in [0, 0.1) is 0 Å². The van der Waals surface area contributed by atoms with Gasteiger partial charge in [0.25, 0.3) is 0 Å². The molecule has 0 radical (unpaired) electrons. The summed E-state index contributed by atoms with van der Waals surface area (Å²) in [4.78, 5) is 1.05. The van der Waals surface area contributed by atoms with Crippen LogP contribution in [0.15, 0.2) is 11.4 Å². The number of ether oxygens (including phenoxy) is 1. The molecule has 2 atom stereocenters. The molecule has 70 valence electrons. The Morgan fingerprint density at radius 1 is 1.69 bits per heavy atom. The first-order valence-electron chi connectivity index (χ1n) is 4.47. The lowest BCUT2D eigenvalue weighted by molar-refractivity contribution is 0.160. The Morgan fingerprint density at radius 2 is 2.54 bits per heavy atom. The molecule has 1 spiro atoms. The van der Waals surface area contributed by atoms with Gasteiger partial charge in [-0.05, 0) is 17.9 Å². The van der Waals surface area contributed by atoms with Crippen molar-refractivity contribution in [2.75, 3.05) is 11.9 Å². The molecule has 1 fully saturated rings. The fourth-order valence-corrected chi connectivity index (χ4v) is 2.67. The van der Waals surface area contributed by atoms with Crippen molar-refractivity contribution in [3.8, 4) is 0 Å². The summed E-state index contributed by atoms with van der Waals surface area (Å²) in [6.45, 7) is 0.773. The van der Waals surface area contributed by atoms with Crippen molar-refractivity contribution in [1.29, 1.82) is 0 Å². The summed E-state index contributed by atoms with van der Waals surface area (Å²) >= 11 is 1.61. The van der Waals surface area contributed by atoms with Gasteiger partial charge in [0, 0.05) is 6.42 Å². The van der Waals surface area contributed by atoms with E-state index in [0.717, 1.165) is 30.0 Å². The molecule has 0 aromatic carbocycles. The van der Waals surface area contributed by atoms with Gasteiger partial charge in [-0.15, -0.1) is 11.3 Å². The number of thiophene rings is 1. The molecular formula is C9H11NO2S. The molecule has 2 aliphatic heterocycles. The van der Waals surface area contributed by atoms with Crippen molar-refractivity contribution in [2.45, 2.75) is 24.7 Å². The molecule has 2 aliphatic rings. The van der Waals surface area contributed by atoms with E-state index >= 15 is 0 Å². The third kappa shape index (κ3) is 1.17. The number of anilines is 1. The first-order valence-corrected chi connectivity index (χ1v) is 5.35. The topological polar surface area (TPSA) is 44.8 Å². The van der Waals surface area contributed by atoms with Crippen LogP contribution >= 0.6 is 11.3 Å². The zero-order valence-corrected chi connectivity index (χ0v) is 7.93. The first-order chi connectivity index (χ1) is 6.29. The number of epoxide rings is 1. The number of rotatable bonds is 0. The number of aliphatic hydroxyl groups excluding tert-OH is 1. The van der Waals surface area contributed by atoms with E-state index in [-0.39, 0.29) is 11.8 Å². The molecule has 0 bridgehead atoms. The maximum atomic E-state index is 9.81. The lowest BCUT2D eigenvalue weighted by Gasteiger charge is -2.10. The third-order valence-corrected chi connectivity index (χ3v) is 3.69. The van der Waals surface area contributed by atoms with Crippen LogP contribution in [0.1, 0.15) is 23.8 Å². The molecule has 4 heteroatoms. The standard InChI is InChI=1S/C9H11NO2S/c11-7-1-3-9(5-12-9)10-6-2-4-13-8(6)7/h2,4,7,10-11H,1,3,5H2. The minimum Gasteiger partial charge on any atom is -0.387 e. The molecule has 1 aromatic rings. The van der Waals surface area contributed by atoms with Gasteiger partial charge in [0.2, 0.25) is 0 Å². The normalized spacial score (nSPS) is 36.5. The fourth-order valence-electron chi connectivity index (χ4n) is 1.79. The molecule has 3 nitrogen and oxygen atoms in total. The Balaban J connectivity index is 2.00. The van der Waals surface area contributed by atoms with Gasteiger partial charge in [0.15, 0.2) is 5.72 Å². The van der Waals surface area contributed by atoms with Crippen molar-refractivity contribution < 1.29 is 9.84 Å². The van der Waals surface area contributed by atoms with Crippen molar-refractivity contribution in [3.05, 3.63) is 16.3 Å². The number of hydrogen-bond acceptors (Lipinski definition) is 4. The summed E-state index contributed by atoms with van der Waals surface area (Å²) in [7, 11) is 0. The molecule has 0 aliphatic carbocycles. The van der Waals surface area contributed by atoms with Crippen molar-refractivity contribution >= 4 is 17.0 Å². The second-order valence-corrected chi connectivity index (χ2v) is 4.61. The second kappa shape index (κ2) is 2.47. The van der Waals surface area contributed by atoms with Crippen LogP contribution in [-0.4, -0.2) is 17.4 Å². The van der Waals surface area contributed by atoms with Gasteiger partial charge in [-0.2, -0.15) is 0 Å².